The van der Waals surface area contributed by atoms with Crippen molar-refractivity contribution < 1.29 is 9.90 Å². The monoisotopic (exact) mass is 199 g/mol. The molecule has 0 unspecified atom stereocenters. The summed E-state index contributed by atoms with van der Waals surface area (Å²) in [5.74, 6) is -0.886. The van der Waals surface area contributed by atoms with Crippen LogP contribution in [0.1, 0.15) is 41.7 Å². The van der Waals surface area contributed by atoms with Gasteiger partial charge < -0.3 is 10.8 Å². The summed E-state index contributed by atoms with van der Waals surface area (Å²) >= 11 is 1.39. The molecule has 0 fully saturated rings. The predicted octanol–water partition coefficient (Wildman–Crippen LogP) is 2.25. The molecule has 0 bridgehead atoms. The second-order valence-corrected chi connectivity index (χ2v) is 3.68. The number of rotatable bonds is 4. The molecule has 0 saturated carbocycles. The fourth-order valence-electron chi connectivity index (χ4n) is 1.23. The Morgan fingerprint density at radius 1 is 1.69 bits per heavy atom. The summed E-state index contributed by atoms with van der Waals surface area (Å²) in [4.78, 5) is 10.7. The number of nitrogens with two attached hydrogens (primary N) is 1. The molecule has 4 heteroatoms. The molecule has 0 amide bonds. The van der Waals surface area contributed by atoms with Crippen molar-refractivity contribution in [1.29, 1.82) is 0 Å². The van der Waals surface area contributed by atoms with Gasteiger partial charge in [0.05, 0.1) is 5.56 Å². The van der Waals surface area contributed by atoms with Crippen LogP contribution in [0.25, 0.3) is 0 Å². The van der Waals surface area contributed by atoms with E-state index in [9.17, 15) is 4.79 Å². The maximum Gasteiger partial charge on any atom is 0.336 e. The largest absolute Gasteiger partial charge is 0.478 e. The van der Waals surface area contributed by atoms with Crippen molar-refractivity contribution in [3.8, 4) is 0 Å². The molecular formula is C9H13NO2S. The molecule has 0 spiro atoms. The van der Waals surface area contributed by atoms with Crippen LogP contribution in [0.2, 0.25) is 0 Å². The molecule has 1 heterocycles. The molecule has 3 nitrogen and oxygen atoms in total. The highest BCUT2D eigenvalue weighted by atomic mass is 32.1. The minimum atomic E-state index is -0.886. The minimum absolute atomic E-state index is 0.137. The summed E-state index contributed by atoms with van der Waals surface area (Å²) < 4.78 is 0. The molecule has 13 heavy (non-hydrogen) atoms. The van der Waals surface area contributed by atoms with Gasteiger partial charge in [0.25, 0.3) is 0 Å². The number of carboxylic acid groups (broad SMARTS) is 1. The Morgan fingerprint density at radius 2 is 2.38 bits per heavy atom. The first kappa shape index (κ1) is 10.2. The highest BCUT2D eigenvalue weighted by Gasteiger charge is 2.15. The summed E-state index contributed by atoms with van der Waals surface area (Å²) in [6, 6.07) is -0.137. The molecule has 0 aliphatic carbocycles. The molecule has 0 aromatic carbocycles. The zero-order valence-corrected chi connectivity index (χ0v) is 8.30. The average molecular weight is 199 g/mol. The topological polar surface area (TPSA) is 63.3 Å². The number of hydrogen-bond donors (Lipinski definition) is 2. The van der Waals surface area contributed by atoms with E-state index in [1.807, 2.05) is 12.3 Å². The van der Waals surface area contributed by atoms with Gasteiger partial charge in [0.2, 0.25) is 0 Å². The van der Waals surface area contributed by atoms with Crippen molar-refractivity contribution in [1.82, 2.24) is 0 Å². The maximum atomic E-state index is 10.7. The third-order valence-electron chi connectivity index (χ3n) is 1.92. The zero-order valence-electron chi connectivity index (χ0n) is 7.49. The van der Waals surface area contributed by atoms with Crippen LogP contribution < -0.4 is 5.73 Å². The van der Waals surface area contributed by atoms with Crippen LogP contribution in [0, 0.1) is 0 Å². The number of carbonyl (C=O) groups is 1. The van der Waals surface area contributed by atoms with E-state index in [1.165, 1.54) is 11.3 Å². The van der Waals surface area contributed by atoms with Crippen LogP contribution in [-0.4, -0.2) is 11.1 Å². The van der Waals surface area contributed by atoms with Crippen molar-refractivity contribution in [2.75, 3.05) is 0 Å². The predicted molar refractivity (Wildman–Crippen MR) is 53.1 cm³/mol. The van der Waals surface area contributed by atoms with E-state index >= 15 is 0 Å². The first-order valence-electron chi connectivity index (χ1n) is 4.21. The lowest BCUT2D eigenvalue weighted by atomic mass is 10.0. The second kappa shape index (κ2) is 4.39. The van der Waals surface area contributed by atoms with Gasteiger partial charge in [-0.25, -0.2) is 4.79 Å². The molecule has 0 aliphatic heterocycles. The van der Waals surface area contributed by atoms with E-state index in [0.717, 1.165) is 18.4 Å². The number of thiophene rings is 1. The van der Waals surface area contributed by atoms with Gasteiger partial charge in [0.15, 0.2) is 0 Å². The summed E-state index contributed by atoms with van der Waals surface area (Å²) in [7, 11) is 0. The van der Waals surface area contributed by atoms with Crippen molar-refractivity contribution >= 4 is 17.3 Å². The molecule has 3 N–H and O–H groups in total. The normalized spacial score (nSPS) is 12.8. The van der Waals surface area contributed by atoms with E-state index in [4.69, 9.17) is 10.8 Å². The van der Waals surface area contributed by atoms with Crippen LogP contribution in [-0.2, 0) is 0 Å². The Hall–Kier alpha value is -0.870. The Labute approximate surface area is 81.2 Å². The van der Waals surface area contributed by atoms with E-state index in [1.54, 1.807) is 5.38 Å². The number of carboxylic acids is 1. The van der Waals surface area contributed by atoms with Gasteiger partial charge in [-0.05, 0) is 17.4 Å². The van der Waals surface area contributed by atoms with E-state index in [2.05, 4.69) is 0 Å². The van der Waals surface area contributed by atoms with Crippen molar-refractivity contribution in [3.63, 3.8) is 0 Å². The fraction of sp³-hybridized carbons (Fsp3) is 0.444. The van der Waals surface area contributed by atoms with Crippen molar-refractivity contribution in [2.24, 2.45) is 5.73 Å². The Morgan fingerprint density at radius 3 is 2.92 bits per heavy atom. The van der Waals surface area contributed by atoms with Gasteiger partial charge in [0, 0.05) is 11.4 Å². The van der Waals surface area contributed by atoms with E-state index in [0.29, 0.717) is 5.56 Å². The van der Waals surface area contributed by atoms with Gasteiger partial charge in [-0.1, -0.05) is 13.3 Å². The first-order chi connectivity index (χ1) is 6.16. The molecule has 0 radical (unpaired) electrons. The molecule has 72 valence electrons. The minimum Gasteiger partial charge on any atom is -0.478 e. The van der Waals surface area contributed by atoms with Crippen LogP contribution in [0.4, 0.5) is 0 Å². The fourth-order valence-corrected chi connectivity index (χ4v) is 2.12. The van der Waals surface area contributed by atoms with Crippen LogP contribution in [0.3, 0.4) is 0 Å². The quantitative estimate of drug-likeness (QED) is 0.781. The van der Waals surface area contributed by atoms with Crippen LogP contribution in [0.15, 0.2) is 10.8 Å². The summed E-state index contributed by atoms with van der Waals surface area (Å²) in [6.07, 6.45) is 1.80. The van der Waals surface area contributed by atoms with Crippen molar-refractivity contribution in [3.05, 3.63) is 21.9 Å². The molecule has 0 aliphatic rings. The first-order valence-corrected chi connectivity index (χ1v) is 5.16. The number of aromatic carboxylic acids is 1. The molecular weight excluding hydrogens is 186 g/mol. The lowest BCUT2D eigenvalue weighted by Crippen LogP contribution is -2.12. The van der Waals surface area contributed by atoms with Gasteiger partial charge in [-0.15, -0.1) is 0 Å². The lowest BCUT2D eigenvalue weighted by Gasteiger charge is -2.09. The van der Waals surface area contributed by atoms with Gasteiger partial charge in [-0.2, -0.15) is 11.3 Å². The molecule has 1 aromatic heterocycles. The average Bonchev–Trinajstić information content (AvgIpc) is 2.52. The standard InChI is InChI=1S/C9H13NO2S/c1-2-3-8(10)6-4-13-5-7(6)9(11)12/h4-5,8H,2-3,10H2,1H3,(H,11,12)/t8-/m1/s1. The highest BCUT2D eigenvalue weighted by Crippen LogP contribution is 2.23. The summed E-state index contributed by atoms with van der Waals surface area (Å²) in [5, 5.41) is 12.3. The third kappa shape index (κ3) is 2.29. The number of hydrogen-bond acceptors (Lipinski definition) is 3. The lowest BCUT2D eigenvalue weighted by molar-refractivity contribution is 0.0695. The van der Waals surface area contributed by atoms with Crippen LogP contribution in [0.5, 0.6) is 0 Å². The molecule has 1 aromatic rings. The SMILES string of the molecule is CCC[C@@H](N)c1cscc1C(=O)O. The molecule has 0 saturated heterocycles. The third-order valence-corrected chi connectivity index (χ3v) is 2.68. The van der Waals surface area contributed by atoms with Gasteiger partial charge in [0.1, 0.15) is 0 Å². The summed E-state index contributed by atoms with van der Waals surface area (Å²) in [6.45, 7) is 2.03. The zero-order chi connectivity index (χ0) is 9.84. The Bertz CT molecular complexity index is 296. The second-order valence-electron chi connectivity index (χ2n) is 2.94. The Kier molecular flexibility index (Phi) is 3.45. The van der Waals surface area contributed by atoms with Gasteiger partial charge >= 0.3 is 5.97 Å². The summed E-state index contributed by atoms with van der Waals surface area (Å²) in [5.41, 5.74) is 6.95. The smallest absolute Gasteiger partial charge is 0.336 e. The van der Waals surface area contributed by atoms with Crippen molar-refractivity contribution in [2.45, 2.75) is 25.8 Å². The Balaban J connectivity index is 2.86. The maximum absolute atomic E-state index is 10.7. The molecule has 1 atom stereocenters. The van der Waals surface area contributed by atoms with E-state index < -0.39 is 5.97 Å². The highest BCUT2D eigenvalue weighted by molar-refractivity contribution is 7.08. The van der Waals surface area contributed by atoms with Crippen LogP contribution >= 0.6 is 11.3 Å². The van der Waals surface area contributed by atoms with Gasteiger partial charge in [-0.3, -0.25) is 0 Å². The van der Waals surface area contributed by atoms with E-state index in [-0.39, 0.29) is 6.04 Å². The molecule has 1 rings (SSSR count).